The first kappa shape index (κ1) is 16.7. The van der Waals surface area contributed by atoms with Gasteiger partial charge in [-0.1, -0.05) is 36.2 Å². The van der Waals surface area contributed by atoms with E-state index in [2.05, 4.69) is 17.2 Å². The number of nitrogens with zero attached hydrogens (tertiary/aromatic N) is 1. The molecular weight excluding hydrogens is 327 g/mol. The highest BCUT2D eigenvalue weighted by atomic mass is 35.5. The highest BCUT2D eigenvalue weighted by Crippen LogP contribution is 2.29. The molecule has 1 aromatic carbocycles. The Hall–Kier alpha value is -0.650. The Balaban J connectivity index is 2.23. The van der Waals surface area contributed by atoms with Crippen LogP contribution in [0.2, 0.25) is 10.0 Å². The molecule has 2 aromatic rings. The number of hydrogen-bond donors (Lipinski definition) is 1. The van der Waals surface area contributed by atoms with Crippen LogP contribution in [0.1, 0.15) is 28.1 Å². The van der Waals surface area contributed by atoms with Gasteiger partial charge in [0.05, 0.1) is 17.3 Å². The van der Waals surface area contributed by atoms with E-state index in [1.165, 1.54) is 4.88 Å². The van der Waals surface area contributed by atoms with Gasteiger partial charge in [0.25, 0.3) is 0 Å². The number of hydrogen-bond acceptors (Lipinski definition) is 4. The molecule has 0 aliphatic carbocycles. The summed E-state index contributed by atoms with van der Waals surface area (Å²) in [6.45, 7) is 4.34. The summed E-state index contributed by atoms with van der Waals surface area (Å²) in [6, 6.07) is 5.56. The van der Waals surface area contributed by atoms with Crippen molar-refractivity contribution >= 4 is 34.5 Å². The van der Waals surface area contributed by atoms with E-state index in [0.717, 1.165) is 29.4 Å². The van der Waals surface area contributed by atoms with Gasteiger partial charge < -0.3 is 10.1 Å². The highest BCUT2D eigenvalue weighted by molar-refractivity contribution is 7.11. The van der Waals surface area contributed by atoms with Gasteiger partial charge in [-0.3, -0.25) is 0 Å². The third-order valence-electron chi connectivity index (χ3n) is 3.03. The fourth-order valence-electron chi connectivity index (χ4n) is 1.99. The summed E-state index contributed by atoms with van der Waals surface area (Å²) >= 11 is 14.1. The number of rotatable bonds is 7. The second-order valence-corrected chi connectivity index (χ2v) is 6.55. The second-order valence-electron chi connectivity index (χ2n) is 4.57. The molecule has 1 heterocycles. The summed E-state index contributed by atoms with van der Waals surface area (Å²) < 4.78 is 5.22. The molecule has 21 heavy (non-hydrogen) atoms. The van der Waals surface area contributed by atoms with Crippen LogP contribution in [-0.4, -0.2) is 18.6 Å². The summed E-state index contributed by atoms with van der Waals surface area (Å²) in [5.74, 6) is 0. The maximum atomic E-state index is 6.23. The first-order chi connectivity index (χ1) is 10.2. The monoisotopic (exact) mass is 344 g/mol. The van der Waals surface area contributed by atoms with Crippen LogP contribution in [0.5, 0.6) is 0 Å². The number of aromatic nitrogens is 1. The fourth-order valence-corrected chi connectivity index (χ4v) is 3.58. The molecule has 114 valence electrons. The van der Waals surface area contributed by atoms with Crippen molar-refractivity contribution in [3.05, 3.63) is 49.4 Å². The zero-order valence-electron chi connectivity index (χ0n) is 12.1. The summed E-state index contributed by atoms with van der Waals surface area (Å²) in [5.41, 5.74) is 1.91. The van der Waals surface area contributed by atoms with Gasteiger partial charge in [-0.15, -0.1) is 11.3 Å². The minimum atomic E-state index is 0.521. The lowest BCUT2D eigenvalue weighted by Gasteiger charge is -2.04. The maximum Gasteiger partial charge on any atom is 0.0977 e. The van der Waals surface area contributed by atoms with Crippen LogP contribution in [0.25, 0.3) is 0 Å². The molecule has 0 spiro atoms. The van der Waals surface area contributed by atoms with Gasteiger partial charge in [0.15, 0.2) is 0 Å². The summed E-state index contributed by atoms with van der Waals surface area (Å²) in [4.78, 5) is 5.87. The van der Waals surface area contributed by atoms with Gasteiger partial charge in [0.2, 0.25) is 0 Å². The Morgan fingerprint density at radius 3 is 2.62 bits per heavy atom. The Bertz CT molecular complexity index is 581. The molecule has 0 radical (unpaired) electrons. The Labute approximate surface area is 139 Å². The normalized spacial score (nSPS) is 11.0. The average molecular weight is 345 g/mol. The summed E-state index contributed by atoms with van der Waals surface area (Å²) in [5, 5.41) is 5.69. The third kappa shape index (κ3) is 4.41. The van der Waals surface area contributed by atoms with E-state index in [1.807, 2.05) is 18.2 Å². The maximum absolute atomic E-state index is 6.23. The molecule has 2 rings (SSSR count). The molecule has 0 bridgehead atoms. The van der Waals surface area contributed by atoms with Crippen molar-refractivity contribution in [1.29, 1.82) is 0 Å². The van der Waals surface area contributed by atoms with Crippen molar-refractivity contribution in [3.8, 4) is 0 Å². The van der Waals surface area contributed by atoms with Crippen molar-refractivity contribution in [1.82, 2.24) is 10.3 Å². The van der Waals surface area contributed by atoms with E-state index in [0.29, 0.717) is 23.1 Å². The molecular formula is C15H18Cl2N2OS. The third-order valence-corrected chi connectivity index (χ3v) is 4.83. The molecule has 0 amide bonds. The van der Waals surface area contributed by atoms with E-state index < -0.39 is 0 Å². The molecule has 0 saturated heterocycles. The quantitative estimate of drug-likeness (QED) is 0.813. The molecule has 0 fully saturated rings. The lowest BCUT2D eigenvalue weighted by molar-refractivity contribution is 0.181. The van der Waals surface area contributed by atoms with Crippen LogP contribution >= 0.6 is 34.5 Å². The van der Waals surface area contributed by atoms with E-state index in [-0.39, 0.29) is 0 Å². The Morgan fingerprint density at radius 1 is 1.29 bits per heavy atom. The predicted molar refractivity (Wildman–Crippen MR) is 89.5 cm³/mol. The van der Waals surface area contributed by atoms with Gasteiger partial charge >= 0.3 is 0 Å². The van der Waals surface area contributed by atoms with Gasteiger partial charge in [0, 0.05) is 35.0 Å². The molecule has 1 N–H and O–H groups in total. The van der Waals surface area contributed by atoms with Crippen LogP contribution in [0.4, 0.5) is 0 Å². The summed E-state index contributed by atoms with van der Waals surface area (Å²) in [7, 11) is 1.68. The predicted octanol–water partition coefficient (Wildman–Crippen LogP) is 4.30. The minimum Gasteiger partial charge on any atom is -0.378 e. The Morgan fingerprint density at radius 2 is 2.00 bits per heavy atom. The molecule has 0 aliphatic heterocycles. The topological polar surface area (TPSA) is 34.2 Å². The number of halogens is 2. The van der Waals surface area contributed by atoms with Crippen molar-refractivity contribution in [2.45, 2.75) is 26.5 Å². The number of thiazole rings is 1. The summed E-state index contributed by atoms with van der Waals surface area (Å²) in [6.07, 6.45) is 0.645. The zero-order valence-corrected chi connectivity index (χ0v) is 14.4. The number of methoxy groups -OCH3 is 1. The van der Waals surface area contributed by atoms with Crippen molar-refractivity contribution < 1.29 is 4.74 Å². The molecule has 3 nitrogen and oxygen atoms in total. The van der Waals surface area contributed by atoms with Crippen LogP contribution in [0.3, 0.4) is 0 Å². The fraction of sp³-hybridized carbons (Fsp3) is 0.400. The van der Waals surface area contributed by atoms with Crippen molar-refractivity contribution in [2.24, 2.45) is 0 Å². The van der Waals surface area contributed by atoms with Crippen molar-refractivity contribution in [3.63, 3.8) is 0 Å². The smallest absolute Gasteiger partial charge is 0.0977 e. The van der Waals surface area contributed by atoms with Gasteiger partial charge in [-0.05, 0) is 24.2 Å². The number of benzene rings is 1. The molecule has 0 saturated carbocycles. The van der Waals surface area contributed by atoms with E-state index in [9.17, 15) is 0 Å². The van der Waals surface area contributed by atoms with E-state index in [1.54, 1.807) is 18.4 Å². The average Bonchev–Trinajstić information content (AvgIpc) is 2.83. The molecule has 0 unspecified atom stereocenters. The largest absolute Gasteiger partial charge is 0.378 e. The standard InChI is InChI=1S/C15H18Cl2N2OS/c1-3-18-8-14-13(9-20-2)19-15(21-14)7-10-11(16)5-4-6-12(10)17/h4-6,18H,3,7-9H2,1-2H3. The molecule has 6 heteroatoms. The molecule has 0 atom stereocenters. The minimum absolute atomic E-state index is 0.521. The molecule has 1 aromatic heterocycles. The lowest BCUT2D eigenvalue weighted by Crippen LogP contribution is -2.12. The first-order valence-corrected chi connectivity index (χ1v) is 8.33. The van der Waals surface area contributed by atoms with Gasteiger partial charge in [-0.25, -0.2) is 4.98 Å². The van der Waals surface area contributed by atoms with E-state index in [4.69, 9.17) is 27.9 Å². The lowest BCUT2D eigenvalue weighted by atomic mass is 10.1. The van der Waals surface area contributed by atoms with Gasteiger partial charge in [0.1, 0.15) is 0 Å². The zero-order chi connectivity index (χ0) is 15.2. The molecule has 0 aliphatic rings. The van der Waals surface area contributed by atoms with Gasteiger partial charge in [-0.2, -0.15) is 0 Å². The SMILES string of the molecule is CCNCc1sc(Cc2c(Cl)cccc2Cl)nc1COC. The van der Waals surface area contributed by atoms with Crippen LogP contribution in [0, 0.1) is 0 Å². The highest BCUT2D eigenvalue weighted by Gasteiger charge is 2.14. The number of ether oxygens (including phenoxy) is 1. The van der Waals surface area contributed by atoms with Crippen molar-refractivity contribution in [2.75, 3.05) is 13.7 Å². The van der Waals surface area contributed by atoms with Crippen LogP contribution in [0.15, 0.2) is 18.2 Å². The van der Waals surface area contributed by atoms with E-state index >= 15 is 0 Å². The van der Waals surface area contributed by atoms with Crippen LogP contribution < -0.4 is 5.32 Å². The Kier molecular flexibility index (Phi) is 6.45. The number of nitrogens with one attached hydrogen (secondary N) is 1. The van der Waals surface area contributed by atoms with Crippen LogP contribution in [-0.2, 0) is 24.3 Å². The first-order valence-electron chi connectivity index (χ1n) is 6.75. The second kappa shape index (κ2) is 8.11.